The molecule has 0 aromatic heterocycles. The van der Waals surface area contributed by atoms with Crippen molar-refractivity contribution >= 4 is 36.7 Å². The molecule has 0 aliphatic carbocycles. The van der Waals surface area contributed by atoms with Crippen molar-refractivity contribution in [1.29, 1.82) is 0 Å². The van der Waals surface area contributed by atoms with Crippen LogP contribution in [0.2, 0.25) is 0 Å². The van der Waals surface area contributed by atoms with Crippen LogP contribution < -0.4 is 10.6 Å². The molecule has 6 atom stereocenters. The summed E-state index contributed by atoms with van der Waals surface area (Å²) in [6, 6.07) is 0. The van der Waals surface area contributed by atoms with Gasteiger partial charge in [-0.3, -0.25) is 28.8 Å². The van der Waals surface area contributed by atoms with E-state index in [2.05, 4.69) is 38.0 Å². The zero-order valence-corrected chi connectivity index (χ0v) is 29.4. The number of hydrogen-bond donors (Lipinski definition) is 2. The summed E-state index contributed by atoms with van der Waals surface area (Å²) in [5.41, 5.74) is 0. The number of allylic oxidation sites excluding steroid dienone is 1. The van der Waals surface area contributed by atoms with Crippen molar-refractivity contribution in [3.63, 3.8) is 0 Å². The largest absolute Gasteiger partial charge is 0.461 e. The first-order valence-corrected chi connectivity index (χ1v) is 18.0. The van der Waals surface area contributed by atoms with Gasteiger partial charge in [0.2, 0.25) is 12.8 Å². The molecule has 0 bridgehead atoms. The molecular weight excluding hydrogens is 620 g/mol. The summed E-state index contributed by atoms with van der Waals surface area (Å²) in [7, 11) is 0. The summed E-state index contributed by atoms with van der Waals surface area (Å²) in [4.78, 5) is 67.2. The van der Waals surface area contributed by atoms with E-state index in [1.54, 1.807) is 6.08 Å². The fourth-order valence-corrected chi connectivity index (χ4v) is 5.82. The van der Waals surface area contributed by atoms with Crippen LogP contribution in [0, 0.1) is 11.8 Å². The smallest absolute Gasteiger partial charge is 0.325 e. The molecule has 0 saturated carbocycles. The van der Waals surface area contributed by atoms with Crippen LogP contribution in [0.3, 0.4) is 0 Å². The van der Waals surface area contributed by atoms with Crippen LogP contribution in [0.15, 0.2) is 12.7 Å². The molecule has 2 saturated heterocycles. The van der Waals surface area contributed by atoms with E-state index >= 15 is 0 Å². The first-order valence-electron chi connectivity index (χ1n) is 18.0. The number of carbonyl (C=O) groups excluding carboxylic acids is 6. The topological polar surface area (TPSA) is 163 Å². The highest BCUT2D eigenvalue weighted by molar-refractivity contribution is 5.79. The van der Waals surface area contributed by atoms with E-state index in [-0.39, 0.29) is 61.3 Å². The average Bonchev–Trinajstić information content (AvgIpc) is 3.07. The van der Waals surface area contributed by atoms with Gasteiger partial charge in [0.05, 0.1) is 11.8 Å². The van der Waals surface area contributed by atoms with Crippen LogP contribution in [-0.4, -0.2) is 74.2 Å². The molecule has 274 valence electrons. The number of rotatable bonds is 28. The standard InChI is InChI=1S/C18H31NO5.C18H29NO5/c2*1-3-5-7-8-10-15-16(24-18(15)22)11-14(9-6-4-2)23-17(21)12-19-13-20/h13-16H,3-12H2,1-2H3,(H,19,20);4,13-16H,2-3,5-12H2,1H3,(H,19,20)/t14-,15+,16?;14-,15+,16+/m11/s1. The quantitative estimate of drug-likeness (QED) is 0.0367. The second-order valence-electron chi connectivity index (χ2n) is 12.6. The minimum atomic E-state index is -0.485. The first kappa shape index (κ1) is 42.6. The number of ether oxygens (including phenoxy) is 4. The Balaban J connectivity index is 0.000000480. The molecule has 2 rings (SSSR count). The van der Waals surface area contributed by atoms with Crippen molar-refractivity contribution in [1.82, 2.24) is 10.6 Å². The lowest BCUT2D eigenvalue weighted by Crippen LogP contribution is -2.47. The van der Waals surface area contributed by atoms with Crippen molar-refractivity contribution in [2.24, 2.45) is 11.8 Å². The molecule has 2 amide bonds. The Bertz CT molecular complexity index is 974. The van der Waals surface area contributed by atoms with E-state index in [0.717, 1.165) is 64.2 Å². The Hall–Kier alpha value is -3.44. The highest BCUT2D eigenvalue weighted by atomic mass is 16.6. The van der Waals surface area contributed by atoms with E-state index in [1.165, 1.54) is 19.3 Å². The van der Waals surface area contributed by atoms with Crippen LogP contribution in [0.1, 0.15) is 130 Å². The molecule has 2 aliphatic rings. The SMILES string of the molecule is C=CCC[C@H](C[C@@H]1OC(=O)[C@H]1CCCCCC)OC(=O)CNC=O.CCCCCC[C@@H]1C(=O)OC1C[C@@H](CCCC)OC(=O)CNC=O. The number of amides is 2. The van der Waals surface area contributed by atoms with E-state index in [9.17, 15) is 28.8 Å². The predicted molar refractivity (Wildman–Crippen MR) is 180 cm³/mol. The molecule has 2 fully saturated rings. The molecule has 2 aliphatic heterocycles. The van der Waals surface area contributed by atoms with Crippen molar-refractivity contribution in [2.75, 3.05) is 13.1 Å². The lowest BCUT2D eigenvalue weighted by molar-refractivity contribution is -0.191. The van der Waals surface area contributed by atoms with Crippen LogP contribution in [0.25, 0.3) is 0 Å². The number of nitrogens with one attached hydrogen (secondary N) is 2. The van der Waals surface area contributed by atoms with Gasteiger partial charge in [0.15, 0.2) is 0 Å². The summed E-state index contributed by atoms with van der Waals surface area (Å²) in [6.07, 6.45) is 17.6. The number of unbranched alkanes of at least 4 members (excludes halogenated alkanes) is 7. The van der Waals surface area contributed by atoms with Gasteiger partial charge < -0.3 is 29.6 Å². The maximum absolute atomic E-state index is 11.7. The third kappa shape index (κ3) is 17.6. The Morgan fingerprint density at radius 2 is 1.15 bits per heavy atom. The zero-order valence-electron chi connectivity index (χ0n) is 29.4. The molecular formula is C36H60N2O10. The highest BCUT2D eigenvalue weighted by Gasteiger charge is 2.44. The summed E-state index contributed by atoms with van der Waals surface area (Å²) in [6.45, 7) is 9.78. The van der Waals surface area contributed by atoms with E-state index in [1.807, 2.05) is 0 Å². The number of hydrogen-bond acceptors (Lipinski definition) is 10. The second-order valence-corrected chi connectivity index (χ2v) is 12.6. The Labute approximate surface area is 286 Å². The van der Waals surface area contributed by atoms with Gasteiger partial charge in [-0.1, -0.05) is 91.1 Å². The van der Waals surface area contributed by atoms with Gasteiger partial charge in [-0.25, -0.2) is 0 Å². The maximum Gasteiger partial charge on any atom is 0.325 e. The molecule has 1 unspecified atom stereocenters. The second kappa shape index (κ2) is 26.5. The van der Waals surface area contributed by atoms with Crippen LogP contribution >= 0.6 is 0 Å². The van der Waals surface area contributed by atoms with E-state index in [4.69, 9.17) is 18.9 Å². The predicted octanol–water partition coefficient (Wildman–Crippen LogP) is 5.25. The van der Waals surface area contributed by atoms with Gasteiger partial charge in [0.1, 0.15) is 37.5 Å². The molecule has 2 heterocycles. The van der Waals surface area contributed by atoms with Crippen molar-refractivity contribution in [2.45, 2.75) is 154 Å². The molecule has 12 nitrogen and oxygen atoms in total. The van der Waals surface area contributed by atoms with E-state index < -0.39 is 11.9 Å². The Kier molecular flexibility index (Phi) is 23.5. The average molecular weight is 681 g/mol. The third-order valence-corrected chi connectivity index (χ3v) is 8.59. The molecule has 0 radical (unpaired) electrons. The lowest BCUT2D eigenvalue weighted by Gasteiger charge is -2.37. The summed E-state index contributed by atoms with van der Waals surface area (Å²) < 4.78 is 21.4. The Morgan fingerprint density at radius 3 is 1.52 bits per heavy atom. The fraction of sp³-hybridized carbons (Fsp3) is 0.778. The molecule has 12 heteroatoms. The number of esters is 4. The minimum absolute atomic E-state index is 0.0576. The van der Waals surface area contributed by atoms with Gasteiger partial charge in [0.25, 0.3) is 0 Å². The Morgan fingerprint density at radius 1 is 0.708 bits per heavy atom. The monoisotopic (exact) mass is 680 g/mol. The van der Waals surface area contributed by atoms with Crippen LogP contribution in [-0.2, 0) is 47.7 Å². The van der Waals surface area contributed by atoms with Crippen molar-refractivity contribution < 1.29 is 47.7 Å². The van der Waals surface area contributed by atoms with Gasteiger partial charge in [-0.15, -0.1) is 6.58 Å². The molecule has 48 heavy (non-hydrogen) atoms. The van der Waals surface area contributed by atoms with Gasteiger partial charge in [-0.2, -0.15) is 0 Å². The van der Waals surface area contributed by atoms with Gasteiger partial charge >= 0.3 is 23.9 Å². The third-order valence-electron chi connectivity index (χ3n) is 8.59. The van der Waals surface area contributed by atoms with Gasteiger partial charge in [0, 0.05) is 12.8 Å². The molecule has 2 N–H and O–H groups in total. The van der Waals surface area contributed by atoms with Crippen molar-refractivity contribution in [3.05, 3.63) is 12.7 Å². The normalized spacial score (nSPS) is 20.6. The van der Waals surface area contributed by atoms with Crippen LogP contribution in [0.5, 0.6) is 0 Å². The van der Waals surface area contributed by atoms with Crippen LogP contribution in [0.4, 0.5) is 0 Å². The maximum atomic E-state index is 11.7. The fourth-order valence-electron chi connectivity index (χ4n) is 5.82. The minimum Gasteiger partial charge on any atom is -0.461 e. The number of carbonyl (C=O) groups is 6. The summed E-state index contributed by atoms with van der Waals surface area (Å²) in [5, 5.41) is 4.59. The number of cyclic esters (lactones) is 2. The lowest BCUT2D eigenvalue weighted by atomic mass is 9.86. The summed E-state index contributed by atoms with van der Waals surface area (Å²) >= 11 is 0. The molecule has 0 aromatic carbocycles. The summed E-state index contributed by atoms with van der Waals surface area (Å²) in [5.74, 6) is -1.35. The van der Waals surface area contributed by atoms with E-state index in [0.29, 0.717) is 38.5 Å². The van der Waals surface area contributed by atoms with Crippen molar-refractivity contribution in [3.8, 4) is 0 Å². The molecule has 0 aromatic rings. The van der Waals surface area contributed by atoms with Gasteiger partial charge in [-0.05, 0) is 32.1 Å². The molecule has 0 spiro atoms. The zero-order chi connectivity index (χ0) is 35.6. The first-order chi connectivity index (χ1) is 23.2. The highest BCUT2D eigenvalue weighted by Crippen LogP contribution is 2.33.